The molecule has 8 rings (SSSR count). The van der Waals surface area contributed by atoms with Crippen molar-refractivity contribution in [2.45, 2.75) is 25.7 Å². The van der Waals surface area contributed by atoms with E-state index >= 15 is 0 Å². The van der Waals surface area contributed by atoms with Crippen LogP contribution in [-0.4, -0.2) is 33.7 Å². The molecule has 10 nitrogen and oxygen atoms in total. The maximum Gasteiger partial charge on any atom is 0.271 e. The number of para-hydroxylation sites is 1. The number of phenols is 1. The number of carbonyl (C=O) groups is 4. The summed E-state index contributed by atoms with van der Waals surface area (Å²) in [5.74, 6) is -5.55. The maximum absolute atomic E-state index is 14.7. The van der Waals surface area contributed by atoms with Crippen molar-refractivity contribution < 1.29 is 29.2 Å². The summed E-state index contributed by atoms with van der Waals surface area (Å²) in [6.45, 7) is 1.78. The quantitative estimate of drug-likeness (QED) is 0.129. The zero-order valence-corrected chi connectivity index (χ0v) is 25.3. The minimum absolute atomic E-state index is 0.0252. The Balaban J connectivity index is 1.31. The van der Waals surface area contributed by atoms with Gasteiger partial charge in [-0.05, 0) is 60.7 Å². The molecule has 1 saturated carbocycles. The van der Waals surface area contributed by atoms with Crippen molar-refractivity contribution in [1.29, 1.82) is 0 Å². The molecule has 2 aliphatic carbocycles. The molecule has 47 heavy (non-hydrogen) atoms. The average molecular weight is 628 g/mol. The van der Waals surface area contributed by atoms with E-state index in [4.69, 9.17) is 0 Å². The first-order valence-electron chi connectivity index (χ1n) is 15.6. The van der Waals surface area contributed by atoms with Crippen molar-refractivity contribution in [2.24, 2.45) is 29.1 Å². The van der Waals surface area contributed by atoms with Gasteiger partial charge in [-0.25, -0.2) is 9.80 Å². The lowest BCUT2D eigenvalue weighted by Crippen LogP contribution is -2.49. The molecular weight excluding hydrogens is 598 g/mol. The van der Waals surface area contributed by atoms with Crippen molar-refractivity contribution in [3.63, 3.8) is 0 Å². The van der Waals surface area contributed by atoms with Gasteiger partial charge in [0.15, 0.2) is 0 Å². The van der Waals surface area contributed by atoms with Gasteiger partial charge in [0.1, 0.15) is 5.75 Å². The fourth-order valence-electron chi connectivity index (χ4n) is 8.73. The predicted octanol–water partition coefficient (Wildman–Crippen LogP) is 5.89. The van der Waals surface area contributed by atoms with Gasteiger partial charge in [0.25, 0.3) is 5.69 Å². The van der Waals surface area contributed by atoms with Crippen LogP contribution in [-0.2, 0) is 19.2 Å². The summed E-state index contributed by atoms with van der Waals surface area (Å²) in [5, 5.41) is 24.6. The van der Waals surface area contributed by atoms with Crippen molar-refractivity contribution in [3.05, 3.63) is 118 Å². The number of anilines is 2. The van der Waals surface area contributed by atoms with Crippen LogP contribution in [0.15, 0.2) is 103 Å². The average Bonchev–Trinajstić information content (AvgIpc) is 3.45. The predicted molar refractivity (Wildman–Crippen MR) is 172 cm³/mol. The van der Waals surface area contributed by atoms with Crippen molar-refractivity contribution >= 4 is 51.5 Å². The Labute approximate surface area is 269 Å². The van der Waals surface area contributed by atoms with E-state index in [1.54, 1.807) is 49.4 Å². The number of nitro benzene ring substituents is 1. The summed E-state index contributed by atoms with van der Waals surface area (Å²) < 4.78 is 0. The number of nitro groups is 1. The molecule has 0 bridgehead atoms. The Morgan fingerprint density at radius 2 is 1.53 bits per heavy atom. The number of carbonyl (C=O) groups excluding carboxylic acids is 4. The van der Waals surface area contributed by atoms with Gasteiger partial charge in [0.2, 0.25) is 23.6 Å². The van der Waals surface area contributed by atoms with Crippen LogP contribution >= 0.6 is 0 Å². The number of hydrogen-bond donors (Lipinski definition) is 1. The van der Waals surface area contributed by atoms with Gasteiger partial charge in [-0.3, -0.25) is 29.3 Å². The molecule has 2 aliphatic heterocycles. The van der Waals surface area contributed by atoms with Crippen LogP contribution < -0.4 is 9.80 Å². The molecule has 234 valence electrons. The lowest BCUT2D eigenvalue weighted by molar-refractivity contribution is -0.384. The Morgan fingerprint density at radius 1 is 0.809 bits per heavy atom. The molecule has 2 saturated heterocycles. The van der Waals surface area contributed by atoms with Gasteiger partial charge >= 0.3 is 0 Å². The highest BCUT2D eigenvalue weighted by molar-refractivity contribution is 6.25. The van der Waals surface area contributed by atoms with E-state index in [1.807, 2.05) is 30.3 Å². The smallest absolute Gasteiger partial charge is 0.271 e. The molecule has 4 aromatic rings. The van der Waals surface area contributed by atoms with Crippen LogP contribution in [0, 0.1) is 39.2 Å². The van der Waals surface area contributed by atoms with Crippen molar-refractivity contribution in [1.82, 2.24) is 0 Å². The first kappa shape index (κ1) is 28.8. The molecule has 0 unspecified atom stereocenters. The molecule has 4 aromatic carbocycles. The minimum Gasteiger partial charge on any atom is -0.508 e. The zero-order chi connectivity index (χ0) is 32.8. The van der Waals surface area contributed by atoms with E-state index < -0.39 is 51.7 Å². The number of phenolic OH excluding ortho intramolecular Hbond substituents is 1. The molecule has 4 amide bonds. The number of rotatable bonds is 4. The Bertz CT molecular complexity index is 2090. The van der Waals surface area contributed by atoms with E-state index in [1.165, 1.54) is 29.2 Å². The number of non-ortho nitro benzene ring substituents is 1. The third-order valence-electron chi connectivity index (χ3n) is 10.8. The van der Waals surface area contributed by atoms with Crippen LogP contribution in [0.4, 0.5) is 17.1 Å². The summed E-state index contributed by atoms with van der Waals surface area (Å²) in [6.07, 6.45) is 2.28. The summed E-state index contributed by atoms with van der Waals surface area (Å²) in [6, 6.07) is 25.1. The first-order valence-corrected chi connectivity index (χ1v) is 15.6. The lowest BCUT2D eigenvalue weighted by Gasteiger charge is -2.49. The highest BCUT2D eigenvalue weighted by atomic mass is 16.6. The number of imide groups is 2. The summed E-state index contributed by atoms with van der Waals surface area (Å²) in [7, 11) is 0. The SMILES string of the molecule is C[C@@]12C(=O)N(c3ccccc3)C(=O)[C@@H]1C[C@@H]1C(=CC[C@@H]3C(=O)N(c4cccc([N+](=O)[O-])c4)C(=O)[C@@H]31)[C@@H]2c1c(O)ccc2ccccc12. The molecule has 4 aliphatic rings. The molecule has 0 spiro atoms. The normalized spacial score (nSPS) is 28.3. The van der Waals surface area contributed by atoms with E-state index in [9.17, 15) is 34.4 Å². The van der Waals surface area contributed by atoms with Gasteiger partial charge in [0, 0.05) is 23.6 Å². The Hall–Kier alpha value is -5.64. The van der Waals surface area contributed by atoms with Gasteiger partial charge < -0.3 is 5.11 Å². The largest absolute Gasteiger partial charge is 0.508 e. The van der Waals surface area contributed by atoms with Crippen LogP contribution in [0.5, 0.6) is 5.75 Å². The highest BCUT2D eigenvalue weighted by Gasteiger charge is 2.68. The molecular formula is C37H29N3O7. The summed E-state index contributed by atoms with van der Waals surface area (Å²) >= 11 is 0. The number of amides is 4. The third kappa shape index (κ3) is 3.90. The number of allylic oxidation sites excluding steroid dienone is 2. The molecule has 3 fully saturated rings. The van der Waals surface area contributed by atoms with Crippen LogP contribution in [0.2, 0.25) is 0 Å². The van der Waals surface area contributed by atoms with Gasteiger partial charge in [-0.2, -0.15) is 0 Å². The first-order chi connectivity index (χ1) is 22.6. The number of hydrogen-bond acceptors (Lipinski definition) is 7. The highest BCUT2D eigenvalue weighted by Crippen LogP contribution is 2.65. The Kier molecular flexibility index (Phi) is 6.24. The van der Waals surface area contributed by atoms with Crippen LogP contribution in [0.25, 0.3) is 10.8 Å². The Morgan fingerprint density at radius 3 is 2.30 bits per heavy atom. The van der Waals surface area contributed by atoms with Gasteiger partial charge in [-0.1, -0.05) is 66.2 Å². The van der Waals surface area contributed by atoms with Gasteiger partial charge in [-0.15, -0.1) is 0 Å². The maximum atomic E-state index is 14.7. The van der Waals surface area contributed by atoms with Crippen molar-refractivity contribution in [2.75, 3.05) is 9.80 Å². The van der Waals surface area contributed by atoms with E-state index in [2.05, 4.69) is 0 Å². The fraction of sp³-hybridized carbons (Fsp3) is 0.243. The van der Waals surface area contributed by atoms with Crippen molar-refractivity contribution in [3.8, 4) is 5.75 Å². The second-order valence-corrected chi connectivity index (χ2v) is 13.0. The number of benzene rings is 4. The lowest BCUT2D eigenvalue weighted by atomic mass is 9.51. The molecule has 2 heterocycles. The zero-order valence-electron chi connectivity index (χ0n) is 25.3. The molecule has 0 aromatic heterocycles. The molecule has 0 radical (unpaired) electrons. The molecule has 6 atom stereocenters. The molecule has 10 heteroatoms. The van der Waals surface area contributed by atoms with E-state index in [0.717, 1.165) is 21.2 Å². The molecule has 1 N–H and O–H groups in total. The van der Waals surface area contributed by atoms with Crippen LogP contribution in [0.3, 0.4) is 0 Å². The van der Waals surface area contributed by atoms with Gasteiger partial charge in [0.05, 0.1) is 39.5 Å². The minimum atomic E-state index is -1.31. The van der Waals surface area contributed by atoms with E-state index in [-0.39, 0.29) is 41.8 Å². The fourth-order valence-corrected chi connectivity index (χ4v) is 8.73. The summed E-state index contributed by atoms with van der Waals surface area (Å²) in [4.78, 5) is 70.4. The summed E-state index contributed by atoms with van der Waals surface area (Å²) in [5.41, 5.74) is 0.264. The standard InChI is InChI=1S/C37H29N3O7/c1-37-28(34(43)39(36(37)45)21-9-3-2-4-10-21)19-27-25(32(37)31-24-13-6-5-8-20(24)14-17-29(31)41)15-16-26-30(27)35(44)38(33(26)42)22-11-7-12-23(18-22)40(46)47/h2-15,17-18,26-28,30,32,41H,16,19H2,1H3/t26-,27+,28-,30-,32+,37+/m0/s1. The number of aromatic hydroxyl groups is 1. The van der Waals surface area contributed by atoms with E-state index in [0.29, 0.717) is 11.3 Å². The third-order valence-corrected chi connectivity index (χ3v) is 10.8. The number of nitrogens with zero attached hydrogens (tertiary/aromatic N) is 3. The number of fused-ring (bicyclic) bond motifs is 5. The second-order valence-electron chi connectivity index (χ2n) is 13.0. The monoisotopic (exact) mass is 627 g/mol. The van der Waals surface area contributed by atoms with Crippen LogP contribution in [0.1, 0.15) is 31.2 Å². The second kappa shape index (κ2) is 10.2. The topological polar surface area (TPSA) is 138 Å².